The Kier molecular flexibility index (Phi) is 7.26. The van der Waals surface area contributed by atoms with Crippen LogP contribution in [0.2, 0.25) is 0 Å². The number of carbonyl (C=O) groups excluding carboxylic acids is 2. The zero-order valence-electron chi connectivity index (χ0n) is 14.8. The fourth-order valence-corrected chi connectivity index (χ4v) is 3.79. The van der Waals surface area contributed by atoms with Gasteiger partial charge < -0.3 is 15.5 Å². The number of nitrogens with zero attached hydrogens (tertiary/aromatic N) is 1. The van der Waals surface area contributed by atoms with Crippen molar-refractivity contribution in [1.82, 2.24) is 5.32 Å². The minimum Gasteiger partial charge on any atom is -0.324 e. The van der Waals surface area contributed by atoms with Crippen LogP contribution in [0.4, 0.5) is 11.4 Å². The fourth-order valence-electron chi connectivity index (χ4n) is 3.79. The fraction of sp³-hybridized carbons (Fsp3) is 0.579. The number of benzene rings is 1. The first kappa shape index (κ1) is 19.7. The number of piperidine rings is 1. The highest BCUT2D eigenvalue weighted by Gasteiger charge is 2.25. The molecule has 0 spiro atoms. The number of rotatable bonds is 5. The minimum absolute atomic E-state index is 0. The third kappa shape index (κ3) is 4.95. The topological polar surface area (TPSA) is 61.4 Å². The van der Waals surface area contributed by atoms with Gasteiger partial charge in [0.1, 0.15) is 0 Å². The Bertz CT molecular complexity index is 602. The molecule has 0 radical (unpaired) electrons. The number of anilines is 2. The Labute approximate surface area is 155 Å². The molecule has 2 aliphatic rings. The lowest BCUT2D eigenvalue weighted by Gasteiger charge is -2.28. The van der Waals surface area contributed by atoms with Gasteiger partial charge >= 0.3 is 0 Å². The van der Waals surface area contributed by atoms with Crippen LogP contribution < -0.4 is 15.5 Å². The molecule has 2 amide bonds. The molecule has 1 unspecified atom stereocenters. The van der Waals surface area contributed by atoms with Gasteiger partial charge in [0.25, 0.3) is 0 Å². The van der Waals surface area contributed by atoms with Crippen molar-refractivity contribution in [3.05, 3.63) is 24.3 Å². The first-order chi connectivity index (χ1) is 11.6. The summed E-state index contributed by atoms with van der Waals surface area (Å²) in [5, 5.41) is 6.40. The summed E-state index contributed by atoms with van der Waals surface area (Å²) in [6.45, 7) is 5.01. The standard InChI is InChI=1S/C19H27N3O2.ClH/c1-14(15-8-10-20-11-9-15)13-18(23)21-16-5-2-3-6-17(16)22-12-4-7-19(22)24;/h2-3,5-6,14-15,20H,4,7-13H2,1H3,(H,21,23);1H. The Balaban J connectivity index is 0.00000225. The molecule has 6 heteroatoms. The van der Waals surface area contributed by atoms with E-state index in [9.17, 15) is 9.59 Å². The molecule has 1 aromatic rings. The van der Waals surface area contributed by atoms with Crippen LogP contribution in [0.25, 0.3) is 0 Å². The summed E-state index contributed by atoms with van der Waals surface area (Å²) in [7, 11) is 0. The van der Waals surface area contributed by atoms with Gasteiger partial charge in [-0.05, 0) is 56.3 Å². The van der Waals surface area contributed by atoms with Gasteiger partial charge in [0.2, 0.25) is 11.8 Å². The molecular formula is C19H28ClN3O2. The third-order valence-electron chi connectivity index (χ3n) is 5.24. The van der Waals surface area contributed by atoms with Crippen molar-refractivity contribution in [1.29, 1.82) is 0 Å². The maximum Gasteiger partial charge on any atom is 0.227 e. The van der Waals surface area contributed by atoms with Gasteiger partial charge in [-0.25, -0.2) is 0 Å². The molecule has 0 saturated carbocycles. The molecule has 1 aromatic carbocycles. The van der Waals surface area contributed by atoms with Gasteiger partial charge in [0.15, 0.2) is 0 Å². The highest BCUT2D eigenvalue weighted by Crippen LogP contribution is 2.30. The van der Waals surface area contributed by atoms with E-state index >= 15 is 0 Å². The SMILES string of the molecule is CC(CC(=O)Nc1ccccc1N1CCCC1=O)C1CCNCC1.Cl. The average Bonchev–Trinajstić information content (AvgIpc) is 3.02. The molecule has 0 bridgehead atoms. The highest BCUT2D eigenvalue weighted by atomic mass is 35.5. The summed E-state index contributed by atoms with van der Waals surface area (Å²) in [5.74, 6) is 1.18. The summed E-state index contributed by atoms with van der Waals surface area (Å²) in [6, 6.07) is 7.60. The molecule has 2 saturated heterocycles. The Hall–Kier alpha value is -1.59. The number of amides is 2. The monoisotopic (exact) mass is 365 g/mol. The summed E-state index contributed by atoms with van der Waals surface area (Å²) in [5.41, 5.74) is 1.57. The lowest BCUT2D eigenvalue weighted by molar-refractivity contribution is -0.118. The van der Waals surface area contributed by atoms with Crippen molar-refractivity contribution in [3.63, 3.8) is 0 Å². The van der Waals surface area contributed by atoms with E-state index in [1.54, 1.807) is 4.90 Å². The van der Waals surface area contributed by atoms with E-state index in [1.807, 2.05) is 24.3 Å². The lowest BCUT2D eigenvalue weighted by Crippen LogP contribution is -2.32. The van der Waals surface area contributed by atoms with Crippen LogP contribution in [0.5, 0.6) is 0 Å². The van der Waals surface area contributed by atoms with Crippen LogP contribution in [0.3, 0.4) is 0 Å². The quantitative estimate of drug-likeness (QED) is 0.842. The van der Waals surface area contributed by atoms with Gasteiger partial charge in [-0.15, -0.1) is 12.4 Å². The van der Waals surface area contributed by atoms with Crippen LogP contribution in [0.15, 0.2) is 24.3 Å². The zero-order valence-corrected chi connectivity index (χ0v) is 15.6. The number of halogens is 1. The van der Waals surface area contributed by atoms with Crippen molar-refractivity contribution in [2.24, 2.45) is 11.8 Å². The first-order valence-corrected chi connectivity index (χ1v) is 9.05. The largest absolute Gasteiger partial charge is 0.324 e. The van der Waals surface area contributed by atoms with Crippen LogP contribution in [0.1, 0.15) is 39.0 Å². The molecule has 138 valence electrons. The van der Waals surface area contributed by atoms with E-state index in [1.165, 1.54) is 0 Å². The number of hydrogen-bond donors (Lipinski definition) is 2. The average molecular weight is 366 g/mol. The first-order valence-electron chi connectivity index (χ1n) is 9.05. The van der Waals surface area contributed by atoms with E-state index in [0.717, 1.165) is 50.3 Å². The molecule has 3 rings (SSSR count). The Morgan fingerprint density at radius 1 is 1.32 bits per heavy atom. The van der Waals surface area contributed by atoms with Gasteiger partial charge in [-0.3, -0.25) is 9.59 Å². The van der Waals surface area contributed by atoms with Crippen molar-refractivity contribution >= 4 is 35.6 Å². The molecule has 0 aliphatic carbocycles. The minimum atomic E-state index is 0. The van der Waals surface area contributed by atoms with Gasteiger partial charge in [0.05, 0.1) is 11.4 Å². The third-order valence-corrected chi connectivity index (χ3v) is 5.24. The van der Waals surface area contributed by atoms with Gasteiger partial charge in [-0.2, -0.15) is 0 Å². The smallest absolute Gasteiger partial charge is 0.227 e. The second-order valence-corrected chi connectivity index (χ2v) is 6.98. The predicted octanol–water partition coefficient (Wildman–Crippen LogP) is 3.20. The Morgan fingerprint density at radius 2 is 2.04 bits per heavy atom. The normalized spacial score (nSPS) is 19.4. The second-order valence-electron chi connectivity index (χ2n) is 6.98. The van der Waals surface area contributed by atoms with Gasteiger partial charge in [-0.1, -0.05) is 19.1 Å². The maximum atomic E-state index is 12.5. The summed E-state index contributed by atoms with van der Waals surface area (Å²) >= 11 is 0. The number of hydrogen-bond acceptors (Lipinski definition) is 3. The molecule has 2 aliphatic heterocycles. The molecule has 5 nitrogen and oxygen atoms in total. The van der Waals surface area contributed by atoms with Crippen molar-refractivity contribution < 1.29 is 9.59 Å². The van der Waals surface area contributed by atoms with Gasteiger partial charge in [0, 0.05) is 19.4 Å². The molecule has 2 fully saturated rings. The molecule has 25 heavy (non-hydrogen) atoms. The summed E-state index contributed by atoms with van der Waals surface area (Å²) < 4.78 is 0. The van der Waals surface area contributed by atoms with Crippen LogP contribution in [-0.2, 0) is 9.59 Å². The number of para-hydroxylation sites is 2. The van der Waals surface area contributed by atoms with Crippen molar-refractivity contribution in [2.75, 3.05) is 29.9 Å². The lowest BCUT2D eigenvalue weighted by atomic mass is 9.84. The summed E-state index contributed by atoms with van der Waals surface area (Å²) in [6.07, 6.45) is 4.30. The highest BCUT2D eigenvalue weighted by molar-refractivity contribution is 6.02. The van der Waals surface area contributed by atoms with Crippen molar-refractivity contribution in [2.45, 2.75) is 39.0 Å². The number of carbonyl (C=O) groups is 2. The van der Waals surface area contributed by atoms with Crippen LogP contribution in [-0.4, -0.2) is 31.4 Å². The molecular weight excluding hydrogens is 338 g/mol. The van der Waals surface area contributed by atoms with E-state index in [2.05, 4.69) is 17.6 Å². The molecule has 0 aromatic heterocycles. The summed E-state index contributed by atoms with van der Waals surface area (Å²) in [4.78, 5) is 26.3. The maximum absolute atomic E-state index is 12.5. The van der Waals surface area contributed by atoms with Crippen molar-refractivity contribution in [3.8, 4) is 0 Å². The molecule has 2 heterocycles. The van der Waals surface area contributed by atoms with Crippen LogP contribution in [0, 0.1) is 11.8 Å². The molecule has 2 N–H and O–H groups in total. The van der Waals surface area contributed by atoms with E-state index in [-0.39, 0.29) is 24.2 Å². The number of nitrogens with one attached hydrogen (secondary N) is 2. The second kappa shape index (κ2) is 9.20. The van der Waals surface area contributed by atoms with E-state index in [4.69, 9.17) is 0 Å². The predicted molar refractivity (Wildman–Crippen MR) is 103 cm³/mol. The van der Waals surface area contributed by atoms with E-state index < -0.39 is 0 Å². The zero-order chi connectivity index (χ0) is 16.9. The molecule has 1 atom stereocenters. The Morgan fingerprint density at radius 3 is 2.72 bits per heavy atom. The van der Waals surface area contributed by atoms with E-state index in [0.29, 0.717) is 24.7 Å². The van der Waals surface area contributed by atoms with Crippen LogP contribution >= 0.6 is 12.4 Å².